The van der Waals surface area contributed by atoms with Crippen LogP contribution in [0.25, 0.3) is 0 Å². The molecule has 4 heteroatoms. The molecule has 4 nitrogen and oxygen atoms in total. The average Bonchev–Trinajstić information content (AvgIpc) is 1.87. The zero-order chi connectivity index (χ0) is 5.28. The van der Waals surface area contributed by atoms with Crippen molar-refractivity contribution in [2.24, 2.45) is 10.3 Å². The van der Waals surface area contributed by atoms with Gasteiger partial charge in [0.25, 0.3) is 0 Å². The third kappa shape index (κ3) is 0.866. The van der Waals surface area contributed by atoms with Gasteiger partial charge in [-0.1, -0.05) is 5.22 Å². The molecule has 1 N–H and O–H groups in total. The van der Waals surface area contributed by atoms with Crippen molar-refractivity contribution in [2.75, 3.05) is 7.05 Å². The number of nitrogens with zero attached hydrogens (tertiary/aromatic N) is 3. The van der Waals surface area contributed by atoms with Crippen molar-refractivity contribution in [3.63, 3.8) is 0 Å². The van der Waals surface area contributed by atoms with Crippen molar-refractivity contribution in [1.29, 1.82) is 0 Å². The molecular formula is C3H8N4. The van der Waals surface area contributed by atoms with Crippen molar-refractivity contribution >= 4 is 0 Å². The normalized spacial score (nSPS) is 29.4. The Morgan fingerprint density at radius 1 is 1.71 bits per heavy atom. The summed E-state index contributed by atoms with van der Waals surface area (Å²) >= 11 is 0. The summed E-state index contributed by atoms with van der Waals surface area (Å²) in [6, 6.07) is 0. The van der Waals surface area contributed by atoms with Crippen LogP contribution in [0.3, 0.4) is 0 Å². The number of nitrogens with one attached hydrogen (secondary N) is 1. The maximum absolute atomic E-state index is 3.76. The topological polar surface area (TPSA) is 40.0 Å². The van der Waals surface area contributed by atoms with E-state index in [0.717, 1.165) is 0 Å². The lowest BCUT2D eigenvalue weighted by molar-refractivity contribution is 0.267. The Hall–Kier alpha value is -0.640. The van der Waals surface area contributed by atoms with Gasteiger partial charge in [-0.25, -0.2) is 5.12 Å². The maximum Gasteiger partial charge on any atom is 0.138 e. The Morgan fingerprint density at radius 3 is 2.57 bits per heavy atom. The van der Waals surface area contributed by atoms with E-state index >= 15 is 0 Å². The second-order valence-electron chi connectivity index (χ2n) is 1.53. The maximum atomic E-state index is 3.76. The SMILES string of the molecule is CC1N=NN(C)N1. The van der Waals surface area contributed by atoms with Gasteiger partial charge in [-0.2, -0.15) is 5.43 Å². The number of hydrazine groups is 1. The molecule has 1 aliphatic heterocycles. The van der Waals surface area contributed by atoms with Gasteiger partial charge in [0, 0.05) is 7.05 Å². The van der Waals surface area contributed by atoms with E-state index in [9.17, 15) is 0 Å². The summed E-state index contributed by atoms with van der Waals surface area (Å²) in [5.41, 5.74) is 2.92. The zero-order valence-electron chi connectivity index (χ0n) is 4.42. The van der Waals surface area contributed by atoms with Crippen LogP contribution in [0.5, 0.6) is 0 Å². The van der Waals surface area contributed by atoms with Gasteiger partial charge < -0.3 is 0 Å². The first-order valence-electron chi connectivity index (χ1n) is 2.20. The van der Waals surface area contributed by atoms with Gasteiger partial charge in [-0.05, 0) is 6.92 Å². The van der Waals surface area contributed by atoms with Crippen LogP contribution >= 0.6 is 0 Å². The van der Waals surface area contributed by atoms with Gasteiger partial charge in [-0.3, -0.25) is 0 Å². The second-order valence-corrected chi connectivity index (χ2v) is 1.53. The molecule has 0 saturated heterocycles. The smallest absolute Gasteiger partial charge is 0.138 e. The lowest BCUT2D eigenvalue weighted by atomic mass is 10.6. The summed E-state index contributed by atoms with van der Waals surface area (Å²) in [5, 5.41) is 9.01. The minimum Gasteiger partial charge on any atom is -0.212 e. The Labute approximate surface area is 42.2 Å². The molecule has 1 unspecified atom stereocenters. The Kier molecular flexibility index (Phi) is 0.941. The predicted octanol–water partition coefficient (Wildman–Crippen LogP) is 0.150. The minimum atomic E-state index is 0.157. The first-order valence-corrected chi connectivity index (χ1v) is 2.20. The van der Waals surface area contributed by atoms with Crippen LogP contribution in [0.1, 0.15) is 6.92 Å². The fourth-order valence-electron chi connectivity index (χ4n) is 0.477. The Balaban J connectivity index is 2.42. The molecule has 0 radical (unpaired) electrons. The highest BCUT2D eigenvalue weighted by Crippen LogP contribution is 1.95. The molecule has 0 amide bonds. The largest absolute Gasteiger partial charge is 0.212 e. The summed E-state index contributed by atoms with van der Waals surface area (Å²) in [5.74, 6) is 0. The molecule has 0 aliphatic carbocycles. The van der Waals surface area contributed by atoms with Crippen molar-refractivity contribution in [3.8, 4) is 0 Å². The van der Waals surface area contributed by atoms with Crippen LogP contribution < -0.4 is 5.43 Å². The van der Waals surface area contributed by atoms with Crippen LogP contribution in [0.4, 0.5) is 0 Å². The summed E-state index contributed by atoms with van der Waals surface area (Å²) in [6.45, 7) is 1.94. The first-order chi connectivity index (χ1) is 3.29. The quantitative estimate of drug-likeness (QED) is 0.470. The van der Waals surface area contributed by atoms with Gasteiger partial charge in [0.2, 0.25) is 0 Å². The van der Waals surface area contributed by atoms with Crippen molar-refractivity contribution in [2.45, 2.75) is 13.1 Å². The van der Waals surface area contributed by atoms with E-state index in [4.69, 9.17) is 0 Å². The first kappa shape index (κ1) is 4.52. The molecule has 0 aromatic rings. The number of rotatable bonds is 0. The molecule has 7 heavy (non-hydrogen) atoms. The molecule has 0 saturated carbocycles. The molecule has 0 aromatic carbocycles. The second kappa shape index (κ2) is 1.46. The fourth-order valence-corrected chi connectivity index (χ4v) is 0.477. The fraction of sp³-hybridized carbons (Fsp3) is 1.00. The van der Waals surface area contributed by atoms with Crippen LogP contribution in [-0.4, -0.2) is 18.3 Å². The summed E-state index contributed by atoms with van der Waals surface area (Å²) in [4.78, 5) is 0. The summed E-state index contributed by atoms with van der Waals surface area (Å²) < 4.78 is 0. The molecule has 0 fully saturated rings. The lowest BCUT2D eigenvalue weighted by Crippen LogP contribution is -2.29. The Morgan fingerprint density at radius 2 is 2.43 bits per heavy atom. The van der Waals surface area contributed by atoms with E-state index in [1.54, 1.807) is 5.12 Å². The molecule has 0 aromatic heterocycles. The van der Waals surface area contributed by atoms with Crippen molar-refractivity contribution in [3.05, 3.63) is 0 Å². The molecule has 1 rings (SSSR count). The van der Waals surface area contributed by atoms with E-state index in [0.29, 0.717) is 0 Å². The zero-order valence-corrected chi connectivity index (χ0v) is 4.42. The predicted molar refractivity (Wildman–Crippen MR) is 25.2 cm³/mol. The van der Waals surface area contributed by atoms with Gasteiger partial charge in [0.1, 0.15) is 6.17 Å². The monoisotopic (exact) mass is 100 g/mol. The highest BCUT2D eigenvalue weighted by Gasteiger charge is 2.06. The third-order valence-corrected chi connectivity index (χ3v) is 0.733. The molecule has 1 heterocycles. The van der Waals surface area contributed by atoms with E-state index < -0.39 is 0 Å². The molecule has 1 atom stereocenters. The lowest BCUT2D eigenvalue weighted by Gasteiger charge is -2.03. The number of hydrogen-bond acceptors (Lipinski definition) is 4. The van der Waals surface area contributed by atoms with Gasteiger partial charge in [-0.15, -0.1) is 5.11 Å². The highest BCUT2D eigenvalue weighted by atomic mass is 15.8. The average molecular weight is 100 g/mol. The standard InChI is InChI=1S/C3H8N4/c1-3-4-6-7(2)5-3/h3,5H,1-2H3. The molecule has 0 bridgehead atoms. The third-order valence-electron chi connectivity index (χ3n) is 0.733. The highest BCUT2D eigenvalue weighted by molar-refractivity contribution is 4.52. The molecule has 0 spiro atoms. The van der Waals surface area contributed by atoms with Crippen LogP contribution in [-0.2, 0) is 0 Å². The van der Waals surface area contributed by atoms with Crippen LogP contribution in [0, 0.1) is 0 Å². The minimum absolute atomic E-state index is 0.157. The van der Waals surface area contributed by atoms with Crippen LogP contribution in [0.15, 0.2) is 10.3 Å². The summed E-state index contributed by atoms with van der Waals surface area (Å²) in [6.07, 6.45) is 0.157. The van der Waals surface area contributed by atoms with E-state index in [1.165, 1.54) is 0 Å². The number of hydrogen-bond donors (Lipinski definition) is 1. The molecule has 1 aliphatic rings. The van der Waals surface area contributed by atoms with Gasteiger partial charge in [0.15, 0.2) is 0 Å². The van der Waals surface area contributed by atoms with Gasteiger partial charge in [0.05, 0.1) is 0 Å². The molecular weight excluding hydrogens is 92.1 g/mol. The van der Waals surface area contributed by atoms with Crippen LogP contribution in [0.2, 0.25) is 0 Å². The van der Waals surface area contributed by atoms with Gasteiger partial charge >= 0.3 is 0 Å². The van der Waals surface area contributed by atoms with E-state index in [1.807, 2.05) is 14.0 Å². The molecule has 40 valence electrons. The van der Waals surface area contributed by atoms with Crippen molar-refractivity contribution in [1.82, 2.24) is 10.5 Å². The summed E-state index contributed by atoms with van der Waals surface area (Å²) in [7, 11) is 1.81. The Bertz CT molecular complexity index is 78.9. The van der Waals surface area contributed by atoms with E-state index in [2.05, 4.69) is 15.8 Å². The van der Waals surface area contributed by atoms with E-state index in [-0.39, 0.29) is 6.17 Å². The van der Waals surface area contributed by atoms with Crippen molar-refractivity contribution < 1.29 is 0 Å².